The van der Waals surface area contributed by atoms with E-state index in [4.69, 9.17) is 0 Å². The summed E-state index contributed by atoms with van der Waals surface area (Å²) >= 11 is 3.25. The number of Topliss-reactive ketones (excluding diaryl/α,β-unsaturated/α-hetero) is 1. The molecular weight excluding hydrogens is 288 g/mol. The number of carbonyl (C=O) groups is 1. The van der Waals surface area contributed by atoms with Gasteiger partial charge in [0.2, 0.25) is 0 Å². The quantitative estimate of drug-likeness (QED) is 0.668. The van der Waals surface area contributed by atoms with Crippen molar-refractivity contribution in [1.29, 1.82) is 0 Å². The second kappa shape index (κ2) is 6.97. The predicted molar refractivity (Wildman–Crippen MR) is 85.7 cm³/mol. The van der Waals surface area contributed by atoms with Crippen LogP contribution in [0.2, 0.25) is 0 Å². The van der Waals surface area contributed by atoms with Crippen LogP contribution in [-0.4, -0.2) is 23.4 Å². The highest BCUT2D eigenvalue weighted by molar-refractivity contribution is 7.98. The van der Waals surface area contributed by atoms with Gasteiger partial charge in [0.1, 0.15) is 6.10 Å². The monoisotopic (exact) mass is 304 g/mol. The minimum absolute atomic E-state index is 0.269. The van der Waals surface area contributed by atoms with E-state index in [1.165, 1.54) is 0 Å². The summed E-state index contributed by atoms with van der Waals surface area (Å²) in [6.45, 7) is 0. The number of ketones is 1. The van der Waals surface area contributed by atoms with Gasteiger partial charge in [-0.3, -0.25) is 4.79 Å². The van der Waals surface area contributed by atoms with Crippen molar-refractivity contribution < 1.29 is 9.90 Å². The molecule has 2 aromatic carbocycles. The highest BCUT2D eigenvalue weighted by atomic mass is 32.2. The van der Waals surface area contributed by atoms with Gasteiger partial charge in [-0.15, -0.1) is 23.5 Å². The van der Waals surface area contributed by atoms with Gasteiger partial charge in [-0.05, 0) is 42.3 Å². The van der Waals surface area contributed by atoms with E-state index >= 15 is 0 Å². The number of aliphatic hydroxyl groups is 1. The molecule has 104 valence electrons. The third kappa shape index (κ3) is 3.45. The Hall–Kier alpha value is -1.23. The molecular formula is C16H16O2S2. The Labute approximate surface area is 127 Å². The van der Waals surface area contributed by atoms with Crippen LogP contribution >= 0.6 is 23.5 Å². The van der Waals surface area contributed by atoms with Gasteiger partial charge >= 0.3 is 0 Å². The van der Waals surface area contributed by atoms with E-state index in [-0.39, 0.29) is 5.78 Å². The summed E-state index contributed by atoms with van der Waals surface area (Å²) in [5.41, 5.74) is 1.16. The Morgan fingerprint density at radius 3 is 1.80 bits per heavy atom. The molecule has 0 unspecified atom stereocenters. The molecule has 2 nitrogen and oxygen atoms in total. The van der Waals surface area contributed by atoms with E-state index in [0.717, 1.165) is 9.79 Å². The summed E-state index contributed by atoms with van der Waals surface area (Å²) in [6.07, 6.45) is 2.87. The van der Waals surface area contributed by atoms with Crippen LogP contribution in [0.4, 0.5) is 0 Å². The van der Waals surface area contributed by atoms with Gasteiger partial charge in [0.15, 0.2) is 5.78 Å². The summed E-state index contributed by atoms with van der Waals surface area (Å²) in [5.74, 6) is -0.269. The summed E-state index contributed by atoms with van der Waals surface area (Å²) in [4.78, 5) is 14.4. The molecule has 1 atom stereocenters. The maximum atomic E-state index is 12.2. The van der Waals surface area contributed by atoms with Gasteiger partial charge in [0.25, 0.3) is 0 Å². The lowest BCUT2D eigenvalue weighted by molar-refractivity contribution is 0.0747. The lowest BCUT2D eigenvalue weighted by Crippen LogP contribution is -2.12. The van der Waals surface area contributed by atoms with Crippen molar-refractivity contribution in [1.82, 2.24) is 0 Å². The molecule has 0 fully saturated rings. The van der Waals surface area contributed by atoms with Gasteiger partial charge < -0.3 is 5.11 Å². The van der Waals surface area contributed by atoms with E-state index in [0.29, 0.717) is 11.1 Å². The van der Waals surface area contributed by atoms with E-state index in [2.05, 4.69) is 0 Å². The molecule has 4 heteroatoms. The van der Waals surface area contributed by atoms with Crippen LogP contribution in [0.25, 0.3) is 0 Å². The fourth-order valence-electron chi connectivity index (χ4n) is 1.85. The number of carbonyl (C=O) groups excluding carboxylic acids is 1. The van der Waals surface area contributed by atoms with Crippen LogP contribution in [0.3, 0.4) is 0 Å². The second-order valence-corrected chi connectivity index (χ2v) is 6.03. The van der Waals surface area contributed by atoms with E-state index in [1.54, 1.807) is 47.8 Å². The third-order valence-corrected chi connectivity index (χ3v) is 4.54. The zero-order valence-electron chi connectivity index (χ0n) is 11.4. The Kier molecular flexibility index (Phi) is 5.29. The first-order valence-corrected chi connectivity index (χ1v) is 8.61. The topological polar surface area (TPSA) is 37.3 Å². The molecule has 0 saturated heterocycles. The summed E-state index contributed by atoms with van der Waals surface area (Å²) in [5, 5.41) is 10.2. The number of aliphatic hydroxyl groups excluding tert-OH is 1. The zero-order valence-corrected chi connectivity index (χ0v) is 13.0. The smallest absolute Gasteiger partial charge is 0.195 e. The standard InChI is InChI=1S/C16H16O2S2/c1-19-13-7-3-11(4-8-13)15(17)16(18)12-5-9-14(20-2)10-6-12/h3-10,15,17H,1-2H3/t15-/m1/s1. The average molecular weight is 304 g/mol. The first kappa shape index (κ1) is 15.2. The highest BCUT2D eigenvalue weighted by Crippen LogP contribution is 2.23. The Bertz CT molecular complexity index is 576. The fraction of sp³-hybridized carbons (Fsp3) is 0.188. The number of hydrogen-bond acceptors (Lipinski definition) is 4. The summed E-state index contributed by atoms with van der Waals surface area (Å²) in [7, 11) is 0. The molecule has 0 saturated carbocycles. The van der Waals surface area contributed by atoms with Crippen molar-refractivity contribution in [2.75, 3.05) is 12.5 Å². The van der Waals surface area contributed by atoms with E-state index in [1.807, 2.05) is 36.8 Å². The molecule has 0 bridgehead atoms. The SMILES string of the molecule is CSc1ccc(C(=O)[C@H](O)c2ccc(SC)cc2)cc1. The molecule has 2 aromatic rings. The number of thioether (sulfide) groups is 2. The van der Waals surface area contributed by atoms with Crippen molar-refractivity contribution in [3.05, 3.63) is 59.7 Å². The molecule has 0 aliphatic carbocycles. The van der Waals surface area contributed by atoms with Gasteiger partial charge in [-0.25, -0.2) is 0 Å². The van der Waals surface area contributed by atoms with Crippen molar-refractivity contribution in [2.45, 2.75) is 15.9 Å². The van der Waals surface area contributed by atoms with Crippen molar-refractivity contribution in [3.63, 3.8) is 0 Å². The maximum Gasteiger partial charge on any atom is 0.195 e. The lowest BCUT2D eigenvalue weighted by Gasteiger charge is -2.11. The number of benzene rings is 2. The Balaban J connectivity index is 2.17. The van der Waals surface area contributed by atoms with Crippen LogP contribution in [0.1, 0.15) is 22.0 Å². The molecule has 20 heavy (non-hydrogen) atoms. The molecule has 0 aromatic heterocycles. The Morgan fingerprint density at radius 1 is 0.900 bits per heavy atom. The second-order valence-electron chi connectivity index (χ2n) is 4.27. The van der Waals surface area contributed by atoms with Gasteiger partial charge in [0, 0.05) is 15.4 Å². The van der Waals surface area contributed by atoms with Crippen LogP contribution in [-0.2, 0) is 0 Å². The van der Waals surface area contributed by atoms with Crippen molar-refractivity contribution in [2.24, 2.45) is 0 Å². The largest absolute Gasteiger partial charge is 0.380 e. The molecule has 0 aliphatic heterocycles. The molecule has 2 rings (SSSR count). The predicted octanol–water partition coefficient (Wildman–Crippen LogP) is 4.05. The molecule has 0 spiro atoms. The lowest BCUT2D eigenvalue weighted by atomic mass is 10.0. The van der Waals surface area contributed by atoms with Crippen molar-refractivity contribution >= 4 is 29.3 Å². The first-order chi connectivity index (χ1) is 9.65. The molecule has 1 N–H and O–H groups in total. The maximum absolute atomic E-state index is 12.2. The molecule has 0 amide bonds. The van der Waals surface area contributed by atoms with Crippen LogP contribution < -0.4 is 0 Å². The van der Waals surface area contributed by atoms with Gasteiger partial charge in [-0.2, -0.15) is 0 Å². The number of hydrogen-bond donors (Lipinski definition) is 1. The molecule has 0 aliphatic rings. The summed E-state index contributed by atoms with van der Waals surface area (Å²) in [6, 6.07) is 14.7. The van der Waals surface area contributed by atoms with E-state index in [9.17, 15) is 9.90 Å². The number of rotatable bonds is 5. The first-order valence-electron chi connectivity index (χ1n) is 6.16. The zero-order chi connectivity index (χ0) is 14.5. The minimum Gasteiger partial charge on any atom is -0.380 e. The van der Waals surface area contributed by atoms with Gasteiger partial charge in [-0.1, -0.05) is 24.3 Å². The average Bonchev–Trinajstić information content (AvgIpc) is 2.53. The fourth-order valence-corrected chi connectivity index (χ4v) is 2.67. The third-order valence-electron chi connectivity index (χ3n) is 3.05. The van der Waals surface area contributed by atoms with Crippen LogP contribution in [0, 0.1) is 0 Å². The normalized spacial score (nSPS) is 12.2. The highest BCUT2D eigenvalue weighted by Gasteiger charge is 2.18. The van der Waals surface area contributed by atoms with Crippen LogP contribution in [0.5, 0.6) is 0 Å². The molecule has 0 heterocycles. The van der Waals surface area contributed by atoms with Gasteiger partial charge in [0.05, 0.1) is 0 Å². The Morgan fingerprint density at radius 2 is 1.35 bits per heavy atom. The van der Waals surface area contributed by atoms with E-state index < -0.39 is 6.10 Å². The van der Waals surface area contributed by atoms with Crippen molar-refractivity contribution in [3.8, 4) is 0 Å². The minimum atomic E-state index is -1.11. The molecule has 0 radical (unpaired) electrons. The van der Waals surface area contributed by atoms with Crippen LogP contribution in [0.15, 0.2) is 58.3 Å². The summed E-state index contributed by atoms with van der Waals surface area (Å²) < 4.78 is 0.